The Morgan fingerprint density at radius 2 is 2.20 bits per heavy atom. The quantitative estimate of drug-likeness (QED) is 0.452. The second-order valence-corrected chi connectivity index (χ2v) is 4.15. The predicted molar refractivity (Wildman–Crippen MR) is 63.7 cm³/mol. The number of hydrogen-bond donors (Lipinski definition) is 2. The van der Waals surface area contributed by atoms with Gasteiger partial charge in [-0.25, -0.2) is 0 Å². The third kappa shape index (κ3) is 11.2. The number of unbranched alkanes of at least 4 members (excludes halogenated alkanes) is 2. The Labute approximate surface area is 95.8 Å². The third-order valence-corrected chi connectivity index (χ3v) is 2.55. The van der Waals surface area contributed by atoms with Crippen molar-refractivity contribution in [1.82, 2.24) is 10.6 Å². The minimum atomic E-state index is -0.110. The van der Waals surface area contributed by atoms with E-state index in [9.17, 15) is 4.79 Å². The SMILES string of the molecule is CSCCCCCNCC(=O)NCC#N. The van der Waals surface area contributed by atoms with Crippen LogP contribution in [0.25, 0.3) is 0 Å². The van der Waals surface area contributed by atoms with Crippen LogP contribution in [0.15, 0.2) is 0 Å². The van der Waals surface area contributed by atoms with Gasteiger partial charge in [0.2, 0.25) is 5.91 Å². The van der Waals surface area contributed by atoms with E-state index in [1.807, 2.05) is 17.8 Å². The molecule has 0 fully saturated rings. The van der Waals surface area contributed by atoms with Crippen LogP contribution in [0, 0.1) is 11.3 Å². The van der Waals surface area contributed by atoms with Gasteiger partial charge in [0.1, 0.15) is 6.54 Å². The van der Waals surface area contributed by atoms with Crippen molar-refractivity contribution >= 4 is 17.7 Å². The minimum absolute atomic E-state index is 0.0915. The first kappa shape index (κ1) is 14.3. The molecule has 0 rings (SSSR count). The van der Waals surface area contributed by atoms with Gasteiger partial charge in [0.25, 0.3) is 0 Å². The first-order chi connectivity index (χ1) is 7.31. The molecule has 0 saturated heterocycles. The zero-order valence-corrected chi connectivity index (χ0v) is 10.0. The van der Waals surface area contributed by atoms with Gasteiger partial charge < -0.3 is 10.6 Å². The van der Waals surface area contributed by atoms with Crippen molar-refractivity contribution in [3.05, 3.63) is 0 Å². The van der Waals surface area contributed by atoms with Gasteiger partial charge in [0.05, 0.1) is 12.6 Å². The standard InChI is InChI=1S/C10H19N3OS/c1-15-8-4-2-3-6-12-9-10(14)13-7-5-11/h12H,2-4,6-9H2,1H3,(H,13,14). The summed E-state index contributed by atoms with van der Waals surface area (Å²) in [6.45, 7) is 1.27. The highest BCUT2D eigenvalue weighted by Gasteiger charge is 1.97. The average molecular weight is 229 g/mol. The second-order valence-electron chi connectivity index (χ2n) is 3.17. The molecule has 0 unspecified atom stereocenters. The number of nitrogens with zero attached hydrogens (tertiary/aromatic N) is 1. The van der Waals surface area contributed by atoms with E-state index in [4.69, 9.17) is 5.26 Å². The molecule has 0 aromatic rings. The summed E-state index contributed by atoms with van der Waals surface area (Å²) >= 11 is 1.86. The zero-order chi connectivity index (χ0) is 11.4. The summed E-state index contributed by atoms with van der Waals surface area (Å²) in [5.74, 6) is 1.10. The lowest BCUT2D eigenvalue weighted by Gasteiger charge is -2.03. The first-order valence-electron chi connectivity index (χ1n) is 5.14. The molecule has 0 radical (unpaired) electrons. The van der Waals surface area contributed by atoms with Crippen LogP contribution in [-0.2, 0) is 4.79 Å². The van der Waals surface area contributed by atoms with Crippen molar-refractivity contribution in [3.8, 4) is 6.07 Å². The molecule has 15 heavy (non-hydrogen) atoms. The summed E-state index contributed by atoms with van der Waals surface area (Å²) in [6, 6.07) is 1.86. The van der Waals surface area contributed by atoms with Crippen molar-refractivity contribution in [3.63, 3.8) is 0 Å². The number of hydrogen-bond acceptors (Lipinski definition) is 4. The van der Waals surface area contributed by atoms with Crippen LogP contribution in [0.4, 0.5) is 0 Å². The molecular formula is C10H19N3OS. The lowest BCUT2D eigenvalue weighted by molar-refractivity contribution is -0.120. The highest BCUT2D eigenvalue weighted by Crippen LogP contribution is 2.00. The fourth-order valence-electron chi connectivity index (χ4n) is 1.08. The molecule has 0 heterocycles. The summed E-state index contributed by atoms with van der Waals surface area (Å²) in [6.07, 6.45) is 5.65. The van der Waals surface area contributed by atoms with E-state index in [1.54, 1.807) is 0 Å². The van der Waals surface area contributed by atoms with Crippen molar-refractivity contribution in [2.75, 3.05) is 31.6 Å². The molecule has 4 nitrogen and oxygen atoms in total. The summed E-state index contributed by atoms with van der Waals surface area (Å²) in [5.41, 5.74) is 0. The van der Waals surface area contributed by atoms with Gasteiger partial charge >= 0.3 is 0 Å². The molecule has 0 aliphatic heterocycles. The Bertz CT molecular complexity index is 203. The Morgan fingerprint density at radius 1 is 1.40 bits per heavy atom. The zero-order valence-electron chi connectivity index (χ0n) is 9.21. The van der Waals surface area contributed by atoms with Crippen molar-refractivity contribution < 1.29 is 4.79 Å². The largest absolute Gasteiger partial charge is 0.342 e. The van der Waals surface area contributed by atoms with E-state index < -0.39 is 0 Å². The normalized spacial score (nSPS) is 9.60. The molecular weight excluding hydrogens is 210 g/mol. The number of rotatable bonds is 9. The van der Waals surface area contributed by atoms with Crippen LogP contribution in [0.3, 0.4) is 0 Å². The van der Waals surface area contributed by atoms with Gasteiger partial charge in [-0.2, -0.15) is 17.0 Å². The molecule has 5 heteroatoms. The molecule has 0 aromatic heterocycles. The molecule has 0 aromatic carbocycles. The topological polar surface area (TPSA) is 64.9 Å². The van der Waals surface area contributed by atoms with E-state index in [0.717, 1.165) is 13.0 Å². The smallest absolute Gasteiger partial charge is 0.234 e. The van der Waals surface area contributed by atoms with Gasteiger partial charge in [-0.05, 0) is 31.4 Å². The van der Waals surface area contributed by atoms with E-state index in [1.165, 1.54) is 18.6 Å². The third-order valence-electron chi connectivity index (χ3n) is 1.85. The molecule has 0 aliphatic rings. The first-order valence-corrected chi connectivity index (χ1v) is 6.54. The van der Waals surface area contributed by atoms with Gasteiger partial charge in [0.15, 0.2) is 0 Å². The molecule has 2 N–H and O–H groups in total. The summed E-state index contributed by atoms with van der Waals surface area (Å²) in [4.78, 5) is 11.0. The van der Waals surface area contributed by atoms with Crippen LogP contribution in [0.2, 0.25) is 0 Å². The highest BCUT2D eigenvalue weighted by molar-refractivity contribution is 7.98. The molecule has 0 aliphatic carbocycles. The van der Waals surface area contributed by atoms with Crippen LogP contribution >= 0.6 is 11.8 Å². The minimum Gasteiger partial charge on any atom is -0.342 e. The molecule has 0 atom stereocenters. The molecule has 1 amide bonds. The fourth-order valence-corrected chi connectivity index (χ4v) is 1.57. The lowest BCUT2D eigenvalue weighted by Crippen LogP contribution is -2.34. The maximum Gasteiger partial charge on any atom is 0.234 e. The number of thioether (sulfide) groups is 1. The van der Waals surface area contributed by atoms with E-state index in [-0.39, 0.29) is 12.5 Å². The highest BCUT2D eigenvalue weighted by atomic mass is 32.2. The maximum absolute atomic E-state index is 11.0. The Morgan fingerprint density at radius 3 is 2.87 bits per heavy atom. The van der Waals surface area contributed by atoms with E-state index >= 15 is 0 Å². The number of amides is 1. The molecule has 0 saturated carbocycles. The number of nitrogens with one attached hydrogen (secondary N) is 2. The van der Waals surface area contributed by atoms with Gasteiger partial charge in [-0.3, -0.25) is 4.79 Å². The summed E-state index contributed by atoms with van der Waals surface area (Å²) in [7, 11) is 0. The summed E-state index contributed by atoms with van der Waals surface area (Å²) < 4.78 is 0. The average Bonchev–Trinajstić information content (AvgIpc) is 2.25. The van der Waals surface area contributed by atoms with Crippen molar-refractivity contribution in [2.45, 2.75) is 19.3 Å². The maximum atomic E-state index is 11.0. The number of nitriles is 1. The monoisotopic (exact) mass is 229 g/mol. The van der Waals surface area contributed by atoms with Crippen LogP contribution in [0.1, 0.15) is 19.3 Å². The van der Waals surface area contributed by atoms with Crippen molar-refractivity contribution in [1.29, 1.82) is 5.26 Å². The van der Waals surface area contributed by atoms with Gasteiger partial charge in [-0.15, -0.1) is 0 Å². The fraction of sp³-hybridized carbons (Fsp3) is 0.800. The van der Waals surface area contributed by atoms with E-state index in [0.29, 0.717) is 6.54 Å². The van der Waals surface area contributed by atoms with Crippen LogP contribution in [-0.4, -0.2) is 37.6 Å². The Kier molecular flexibility index (Phi) is 10.8. The lowest BCUT2D eigenvalue weighted by atomic mass is 10.2. The van der Waals surface area contributed by atoms with Gasteiger partial charge in [0, 0.05) is 0 Å². The van der Waals surface area contributed by atoms with Gasteiger partial charge in [-0.1, -0.05) is 6.42 Å². The summed E-state index contributed by atoms with van der Waals surface area (Å²) in [5, 5.41) is 13.7. The molecule has 0 bridgehead atoms. The Balaban J connectivity index is 3.10. The number of carbonyl (C=O) groups is 1. The second kappa shape index (κ2) is 11.3. The number of carbonyl (C=O) groups excluding carboxylic acids is 1. The predicted octanol–water partition coefficient (Wildman–Crippen LogP) is 0.749. The molecule has 86 valence electrons. The van der Waals surface area contributed by atoms with Crippen LogP contribution < -0.4 is 10.6 Å². The van der Waals surface area contributed by atoms with Crippen molar-refractivity contribution in [2.24, 2.45) is 0 Å². The Hall–Kier alpha value is -0.730. The van der Waals surface area contributed by atoms with E-state index in [2.05, 4.69) is 16.9 Å². The molecule has 0 spiro atoms. The van der Waals surface area contributed by atoms with Crippen LogP contribution in [0.5, 0.6) is 0 Å².